The summed E-state index contributed by atoms with van der Waals surface area (Å²) in [6.45, 7) is 0.405. The van der Waals surface area contributed by atoms with E-state index >= 15 is 0 Å². The van der Waals surface area contributed by atoms with E-state index in [9.17, 15) is 9.18 Å². The van der Waals surface area contributed by atoms with Crippen LogP contribution >= 0.6 is 15.9 Å². The molecule has 5 heteroatoms. The molecule has 1 amide bonds. The second-order valence-corrected chi connectivity index (χ2v) is 5.28. The molecule has 2 aliphatic heterocycles. The maximum absolute atomic E-state index is 13.9. The van der Waals surface area contributed by atoms with Crippen molar-refractivity contribution in [1.29, 1.82) is 0 Å². The monoisotopic (exact) mass is 313 g/mol. The molecule has 2 saturated heterocycles. The molecule has 18 heavy (non-hydrogen) atoms. The number of benzene rings is 1. The van der Waals surface area contributed by atoms with Gasteiger partial charge in [-0.3, -0.25) is 4.79 Å². The fourth-order valence-corrected chi connectivity index (χ4v) is 3.47. The zero-order valence-electron chi connectivity index (χ0n) is 9.63. The van der Waals surface area contributed by atoms with Crippen LogP contribution in [0.5, 0.6) is 0 Å². The first-order valence-corrected chi connectivity index (χ1v) is 7.05. The number of halogens is 2. The molecule has 1 aromatic carbocycles. The first-order valence-electron chi connectivity index (χ1n) is 5.93. The Morgan fingerprint density at radius 2 is 2.11 bits per heavy atom. The van der Waals surface area contributed by atoms with Gasteiger partial charge in [0.15, 0.2) is 12.4 Å². The third kappa shape index (κ3) is 1.68. The Morgan fingerprint density at radius 1 is 1.39 bits per heavy atom. The van der Waals surface area contributed by atoms with Crippen molar-refractivity contribution in [2.24, 2.45) is 5.92 Å². The van der Waals surface area contributed by atoms with Crippen LogP contribution in [0.4, 0.5) is 4.39 Å². The minimum absolute atomic E-state index is 0.155. The van der Waals surface area contributed by atoms with E-state index < -0.39 is 18.3 Å². The maximum Gasteiger partial charge on any atom is 0.260 e. The van der Waals surface area contributed by atoms with Gasteiger partial charge in [-0.2, -0.15) is 0 Å². The summed E-state index contributed by atoms with van der Waals surface area (Å²) in [5.74, 6) is -0.762. The lowest BCUT2D eigenvalue weighted by Gasteiger charge is -2.22. The molecule has 2 aliphatic rings. The van der Waals surface area contributed by atoms with Crippen molar-refractivity contribution in [3.8, 4) is 0 Å². The predicted octanol–water partition coefficient (Wildman–Crippen LogP) is 2.28. The van der Waals surface area contributed by atoms with E-state index in [1.54, 1.807) is 4.90 Å². The fourth-order valence-electron chi connectivity index (χ4n) is 2.71. The number of carbonyl (C=O) groups excluding carboxylic acids is 1. The molecule has 2 heterocycles. The molecule has 96 valence electrons. The second-order valence-electron chi connectivity index (χ2n) is 4.63. The molecule has 0 radical (unpaired) electrons. The van der Waals surface area contributed by atoms with Crippen molar-refractivity contribution in [1.82, 2.24) is 4.90 Å². The van der Waals surface area contributed by atoms with Crippen molar-refractivity contribution in [2.75, 3.05) is 11.9 Å². The molecule has 0 spiro atoms. The Balaban J connectivity index is 1.91. The van der Waals surface area contributed by atoms with Gasteiger partial charge in [0, 0.05) is 16.8 Å². The number of rotatable bonds is 2. The van der Waals surface area contributed by atoms with Crippen molar-refractivity contribution < 1.29 is 13.9 Å². The zero-order chi connectivity index (χ0) is 12.7. The molecule has 0 aliphatic carbocycles. The summed E-state index contributed by atoms with van der Waals surface area (Å²) in [6.07, 6.45) is -1.85. The molecule has 0 N–H and O–H groups in total. The van der Waals surface area contributed by atoms with Gasteiger partial charge in [0.2, 0.25) is 0 Å². The highest BCUT2D eigenvalue weighted by Gasteiger charge is 2.54. The molecule has 1 unspecified atom stereocenters. The molecule has 0 aromatic heterocycles. The quantitative estimate of drug-likeness (QED) is 0.784. The van der Waals surface area contributed by atoms with Crippen molar-refractivity contribution in [3.63, 3.8) is 0 Å². The standard InChI is InChI=1S/C13H13BrFNO2/c14-6-9-10-7-18-13(8-4-2-1-3-5-8)16(10)12(17)11(9)15/h1-5,9-11,13H,6-7H2/t9-,10-,11?,13-/m1/s1. The maximum atomic E-state index is 13.9. The van der Waals surface area contributed by atoms with Crippen LogP contribution in [0.15, 0.2) is 30.3 Å². The highest BCUT2D eigenvalue weighted by atomic mass is 79.9. The first kappa shape index (κ1) is 12.1. The number of fused-ring (bicyclic) bond motifs is 1. The van der Waals surface area contributed by atoms with Crippen LogP contribution in [-0.4, -0.2) is 35.0 Å². The van der Waals surface area contributed by atoms with E-state index in [-0.39, 0.29) is 12.0 Å². The molecule has 2 fully saturated rings. The highest BCUT2D eigenvalue weighted by molar-refractivity contribution is 9.09. The number of alkyl halides is 2. The van der Waals surface area contributed by atoms with Gasteiger partial charge in [-0.1, -0.05) is 46.3 Å². The third-order valence-corrected chi connectivity index (χ3v) is 4.41. The van der Waals surface area contributed by atoms with Gasteiger partial charge in [-0.05, 0) is 0 Å². The molecule has 4 atom stereocenters. The summed E-state index contributed by atoms with van der Waals surface area (Å²) in [4.78, 5) is 13.6. The van der Waals surface area contributed by atoms with E-state index in [0.717, 1.165) is 5.56 Å². The SMILES string of the molecule is O=C1C(F)[C@H](CBr)[C@H]2CO[C@H](c3ccccc3)N12. The average Bonchev–Trinajstić information content (AvgIpc) is 2.92. The third-order valence-electron chi connectivity index (χ3n) is 3.66. The van der Waals surface area contributed by atoms with Crippen LogP contribution < -0.4 is 0 Å². The van der Waals surface area contributed by atoms with Gasteiger partial charge < -0.3 is 9.64 Å². The van der Waals surface area contributed by atoms with Gasteiger partial charge in [-0.15, -0.1) is 0 Å². The Kier molecular flexibility index (Phi) is 3.11. The molecule has 3 nitrogen and oxygen atoms in total. The van der Waals surface area contributed by atoms with E-state index in [4.69, 9.17) is 4.74 Å². The van der Waals surface area contributed by atoms with Crippen LogP contribution in [0.25, 0.3) is 0 Å². The Hall–Kier alpha value is -0.940. The molecule has 3 rings (SSSR count). The number of hydrogen-bond donors (Lipinski definition) is 0. The van der Waals surface area contributed by atoms with Crippen molar-refractivity contribution in [2.45, 2.75) is 18.4 Å². The lowest BCUT2D eigenvalue weighted by atomic mass is 10.0. The Morgan fingerprint density at radius 3 is 2.78 bits per heavy atom. The predicted molar refractivity (Wildman–Crippen MR) is 67.9 cm³/mol. The molecule has 1 aromatic rings. The summed E-state index contributed by atoms with van der Waals surface area (Å²) in [5.41, 5.74) is 0.899. The van der Waals surface area contributed by atoms with E-state index in [2.05, 4.69) is 15.9 Å². The molecular weight excluding hydrogens is 301 g/mol. The van der Waals surface area contributed by atoms with E-state index in [1.165, 1.54) is 0 Å². The largest absolute Gasteiger partial charge is 0.352 e. The second kappa shape index (κ2) is 4.63. The molecule has 0 bridgehead atoms. The zero-order valence-corrected chi connectivity index (χ0v) is 11.2. The van der Waals surface area contributed by atoms with Crippen LogP contribution in [-0.2, 0) is 9.53 Å². The lowest BCUT2D eigenvalue weighted by molar-refractivity contribution is -0.138. The first-order chi connectivity index (χ1) is 8.74. The normalized spacial score (nSPS) is 35.0. The van der Waals surface area contributed by atoms with E-state index in [1.807, 2.05) is 30.3 Å². The van der Waals surface area contributed by atoms with Crippen molar-refractivity contribution >= 4 is 21.8 Å². The molecular formula is C13H13BrFNO2. The lowest BCUT2D eigenvalue weighted by Crippen LogP contribution is -2.33. The van der Waals surface area contributed by atoms with Crippen molar-refractivity contribution in [3.05, 3.63) is 35.9 Å². The van der Waals surface area contributed by atoms with Gasteiger partial charge in [0.05, 0.1) is 12.6 Å². The van der Waals surface area contributed by atoms with Crippen LogP contribution in [0.1, 0.15) is 11.8 Å². The topological polar surface area (TPSA) is 29.5 Å². The highest BCUT2D eigenvalue weighted by Crippen LogP contribution is 2.41. The van der Waals surface area contributed by atoms with E-state index in [0.29, 0.717) is 11.9 Å². The van der Waals surface area contributed by atoms with Gasteiger partial charge in [0.1, 0.15) is 0 Å². The summed E-state index contributed by atoms with van der Waals surface area (Å²) >= 11 is 3.28. The van der Waals surface area contributed by atoms with Crippen LogP contribution in [0.2, 0.25) is 0 Å². The summed E-state index contributed by atoms with van der Waals surface area (Å²) in [6, 6.07) is 9.32. The minimum atomic E-state index is -1.41. The Labute approximate surface area is 113 Å². The average molecular weight is 314 g/mol. The molecule has 0 saturated carbocycles. The minimum Gasteiger partial charge on any atom is -0.352 e. The summed E-state index contributed by atoms with van der Waals surface area (Å²) < 4.78 is 19.6. The van der Waals surface area contributed by atoms with Crippen LogP contribution in [0, 0.1) is 5.92 Å². The number of hydrogen-bond acceptors (Lipinski definition) is 2. The van der Waals surface area contributed by atoms with Gasteiger partial charge in [-0.25, -0.2) is 4.39 Å². The number of ether oxygens (including phenoxy) is 1. The fraction of sp³-hybridized carbons (Fsp3) is 0.462. The number of amides is 1. The summed E-state index contributed by atoms with van der Waals surface area (Å²) in [5, 5.41) is 0.478. The number of carbonyl (C=O) groups is 1. The summed E-state index contributed by atoms with van der Waals surface area (Å²) in [7, 11) is 0. The Bertz CT molecular complexity index is 456. The van der Waals surface area contributed by atoms with Crippen LogP contribution in [0.3, 0.4) is 0 Å². The smallest absolute Gasteiger partial charge is 0.260 e. The van der Waals surface area contributed by atoms with Gasteiger partial charge >= 0.3 is 0 Å². The number of nitrogens with zero attached hydrogens (tertiary/aromatic N) is 1. The van der Waals surface area contributed by atoms with Gasteiger partial charge in [0.25, 0.3) is 5.91 Å².